The molecule has 0 unspecified atom stereocenters. The molecule has 4 nitrogen and oxygen atoms in total. The maximum atomic E-state index is 14.0. The number of nitrogens with zero attached hydrogens (tertiary/aromatic N) is 2. The fourth-order valence-corrected chi connectivity index (χ4v) is 3.85. The molecule has 2 aromatic carbocycles. The number of piperazine rings is 1. The molecule has 2 amide bonds. The SMILES string of the molecule is O=C(/C=C/c1ccccc1Cl)N1C[C@@H]2C[C@H]1C(=O)N2c1ccccc1F. The topological polar surface area (TPSA) is 40.6 Å². The van der Waals surface area contributed by atoms with E-state index in [1.54, 1.807) is 35.2 Å². The Labute approximate surface area is 155 Å². The van der Waals surface area contributed by atoms with E-state index < -0.39 is 11.9 Å². The summed E-state index contributed by atoms with van der Waals surface area (Å²) in [6.45, 7) is 0.399. The van der Waals surface area contributed by atoms with E-state index in [9.17, 15) is 14.0 Å². The van der Waals surface area contributed by atoms with Gasteiger partial charge in [0.2, 0.25) is 11.8 Å². The molecule has 2 atom stereocenters. The van der Waals surface area contributed by atoms with E-state index in [2.05, 4.69) is 0 Å². The molecule has 2 aliphatic heterocycles. The second kappa shape index (κ2) is 6.57. The van der Waals surface area contributed by atoms with Gasteiger partial charge in [0.15, 0.2) is 0 Å². The van der Waals surface area contributed by atoms with Crippen molar-refractivity contribution in [1.29, 1.82) is 0 Å². The van der Waals surface area contributed by atoms with Crippen molar-refractivity contribution < 1.29 is 14.0 Å². The van der Waals surface area contributed by atoms with Gasteiger partial charge < -0.3 is 9.80 Å². The minimum Gasteiger partial charge on any atom is -0.325 e. The van der Waals surface area contributed by atoms with Crippen LogP contribution in [0.1, 0.15) is 12.0 Å². The minimum absolute atomic E-state index is 0.193. The molecule has 2 fully saturated rings. The standard InChI is InChI=1S/C20H16ClFN2O2/c21-15-6-2-1-5-13(15)9-10-19(25)23-12-14-11-18(23)20(26)24(14)17-8-4-3-7-16(17)22/h1-10,14,18H,11-12H2/b10-9+/t14-,18-/m0/s1. The van der Waals surface area contributed by atoms with Gasteiger partial charge >= 0.3 is 0 Å². The fourth-order valence-electron chi connectivity index (χ4n) is 3.65. The smallest absolute Gasteiger partial charge is 0.250 e. The molecular formula is C20H16ClFN2O2. The van der Waals surface area contributed by atoms with Crippen LogP contribution in [-0.4, -0.2) is 35.3 Å². The molecule has 0 radical (unpaired) electrons. The largest absolute Gasteiger partial charge is 0.325 e. The van der Waals surface area contributed by atoms with E-state index in [0.717, 1.165) is 5.56 Å². The predicted molar refractivity (Wildman–Crippen MR) is 98.3 cm³/mol. The van der Waals surface area contributed by atoms with Crippen LogP contribution >= 0.6 is 11.6 Å². The molecule has 4 rings (SSSR count). The molecule has 0 N–H and O–H groups in total. The molecule has 2 saturated heterocycles. The van der Waals surface area contributed by atoms with E-state index in [1.165, 1.54) is 17.0 Å². The molecule has 2 aromatic rings. The number of carbonyl (C=O) groups is 2. The first-order chi connectivity index (χ1) is 12.6. The summed E-state index contributed by atoms with van der Waals surface area (Å²) >= 11 is 6.08. The quantitative estimate of drug-likeness (QED) is 0.776. The Morgan fingerprint density at radius 3 is 2.62 bits per heavy atom. The molecule has 2 bridgehead atoms. The van der Waals surface area contributed by atoms with Crippen molar-refractivity contribution in [3.05, 3.63) is 71.0 Å². The van der Waals surface area contributed by atoms with E-state index >= 15 is 0 Å². The molecule has 0 spiro atoms. The number of para-hydroxylation sites is 1. The highest BCUT2D eigenvalue weighted by Gasteiger charge is 2.51. The second-order valence-electron chi connectivity index (χ2n) is 6.41. The number of halogens is 2. The van der Waals surface area contributed by atoms with Gasteiger partial charge in [-0.1, -0.05) is 41.9 Å². The third kappa shape index (κ3) is 2.78. The van der Waals surface area contributed by atoms with Crippen LogP contribution in [0.25, 0.3) is 6.08 Å². The van der Waals surface area contributed by atoms with Crippen LogP contribution in [-0.2, 0) is 9.59 Å². The van der Waals surface area contributed by atoms with E-state index in [4.69, 9.17) is 11.6 Å². The summed E-state index contributed by atoms with van der Waals surface area (Å²) in [4.78, 5) is 28.3. The van der Waals surface area contributed by atoms with Crippen molar-refractivity contribution in [3.63, 3.8) is 0 Å². The van der Waals surface area contributed by atoms with Gasteiger partial charge in [0, 0.05) is 17.6 Å². The molecule has 2 heterocycles. The molecule has 6 heteroatoms. The van der Waals surface area contributed by atoms with Crippen molar-refractivity contribution in [2.75, 3.05) is 11.4 Å². The summed E-state index contributed by atoms with van der Waals surface area (Å²) in [5.74, 6) is -0.894. The number of hydrogen-bond donors (Lipinski definition) is 0. The monoisotopic (exact) mass is 370 g/mol. The van der Waals surface area contributed by atoms with Gasteiger partial charge in [-0.15, -0.1) is 0 Å². The molecule has 0 aromatic heterocycles. The van der Waals surface area contributed by atoms with Gasteiger partial charge in [-0.05, 0) is 36.3 Å². The third-order valence-corrected chi connectivity index (χ3v) is 5.22. The summed E-state index contributed by atoms with van der Waals surface area (Å²) in [5.41, 5.74) is 1.02. The van der Waals surface area contributed by atoms with Crippen LogP contribution in [0.2, 0.25) is 5.02 Å². The maximum absolute atomic E-state index is 14.0. The number of rotatable bonds is 3. The number of anilines is 1. The lowest BCUT2D eigenvalue weighted by molar-refractivity contribution is -0.134. The van der Waals surface area contributed by atoms with Crippen molar-refractivity contribution in [1.82, 2.24) is 4.90 Å². The zero-order valence-corrected chi connectivity index (χ0v) is 14.6. The number of hydrogen-bond acceptors (Lipinski definition) is 2. The van der Waals surface area contributed by atoms with Crippen molar-refractivity contribution in [3.8, 4) is 0 Å². The lowest BCUT2D eigenvalue weighted by Gasteiger charge is -2.33. The van der Waals surface area contributed by atoms with Gasteiger partial charge in [0.1, 0.15) is 11.9 Å². The molecule has 0 saturated carbocycles. The van der Waals surface area contributed by atoms with Crippen LogP contribution < -0.4 is 4.90 Å². The molecule has 2 aliphatic rings. The number of fused-ring (bicyclic) bond motifs is 2. The summed E-state index contributed by atoms with van der Waals surface area (Å²) in [6, 6.07) is 12.7. The lowest BCUT2D eigenvalue weighted by atomic mass is 10.2. The Morgan fingerprint density at radius 2 is 1.88 bits per heavy atom. The normalized spacial score (nSPS) is 21.8. The second-order valence-corrected chi connectivity index (χ2v) is 6.82. The van der Waals surface area contributed by atoms with Crippen molar-refractivity contribution in [2.24, 2.45) is 0 Å². The lowest BCUT2D eigenvalue weighted by Crippen LogP contribution is -2.52. The number of carbonyl (C=O) groups excluding carboxylic acids is 2. The Hall–Kier alpha value is -2.66. The van der Waals surface area contributed by atoms with Gasteiger partial charge in [-0.3, -0.25) is 9.59 Å². The molecular weight excluding hydrogens is 355 g/mol. The number of amides is 2. The van der Waals surface area contributed by atoms with Crippen LogP contribution in [0.4, 0.5) is 10.1 Å². The highest BCUT2D eigenvalue weighted by Crippen LogP contribution is 2.36. The van der Waals surface area contributed by atoms with E-state index in [1.807, 2.05) is 18.2 Å². The van der Waals surface area contributed by atoms with Gasteiger partial charge in [-0.2, -0.15) is 0 Å². The van der Waals surface area contributed by atoms with Crippen LogP contribution in [0.3, 0.4) is 0 Å². The first-order valence-corrected chi connectivity index (χ1v) is 8.75. The zero-order chi connectivity index (χ0) is 18.3. The number of benzene rings is 2. The summed E-state index contributed by atoms with van der Waals surface area (Å²) in [5, 5.41) is 0.557. The highest BCUT2D eigenvalue weighted by molar-refractivity contribution is 6.32. The first-order valence-electron chi connectivity index (χ1n) is 8.37. The minimum atomic E-state index is -0.539. The average molecular weight is 371 g/mol. The Morgan fingerprint density at radius 1 is 1.15 bits per heavy atom. The van der Waals surface area contributed by atoms with Crippen molar-refractivity contribution in [2.45, 2.75) is 18.5 Å². The Bertz CT molecular complexity index is 914. The predicted octanol–water partition coefficient (Wildman–Crippen LogP) is 3.51. The Kier molecular flexibility index (Phi) is 4.24. The van der Waals surface area contributed by atoms with Gasteiger partial charge in [0.05, 0.1) is 11.7 Å². The van der Waals surface area contributed by atoms with Gasteiger partial charge in [0.25, 0.3) is 0 Å². The van der Waals surface area contributed by atoms with Gasteiger partial charge in [-0.25, -0.2) is 4.39 Å². The van der Waals surface area contributed by atoms with Crippen LogP contribution in [0, 0.1) is 5.82 Å². The van der Waals surface area contributed by atoms with E-state index in [-0.39, 0.29) is 23.5 Å². The average Bonchev–Trinajstić information content (AvgIpc) is 3.20. The zero-order valence-electron chi connectivity index (χ0n) is 13.8. The van der Waals surface area contributed by atoms with Crippen LogP contribution in [0.5, 0.6) is 0 Å². The maximum Gasteiger partial charge on any atom is 0.250 e. The summed E-state index contributed by atoms with van der Waals surface area (Å²) in [6.07, 6.45) is 3.61. The first kappa shape index (κ1) is 16.8. The number of likely N-dealkylation sites (tertiary alicyclic amines) is 1. The van der Waals surface area contributed by atoms with Crippen LogP contribution in [0.15, 0.2) is 54.6 Å². The van der Waals surface area contributed by atoms with Crippen molar-refractivity contribution >= 4 is 35.2 Å². The highest BCUT2D eigenvalue weighted by atomic mass is 35.5. The fraction of sp³-hybridized carbons (Fsp3) is 0.200. The summed E-state index contributed by atoms with van der Waals surface area (Å²) in [7, 11) is 0. The summed E-state index contributed by atoms with van der Waals surface area (Å²) < 4.78 is 14.0. The molecule has 26 heavy (non-hydrogen) atoms. The molecule has 0 aliphatic carbocycles. The third-order valence-electron chi connectivity index (χ3n) is 4.87. The van der Waals surface area contributed by atoms with E-state index in [0.29, 0.717) is 18.0 Å². The Balaban J connectivity index is 1.51. The molecule has 132 valence electrons.